The summed E-state index contributed by atoms with van der Waals surface area (Å²) >= 11 is 6.92. The fraction of sp³-hybridized carbons (Fsp3) is 0.364. The second kappa shape index (κ2) is 4.85. The molecule has 0 aliphatic carbocycles. The van der Waals surface area contributed by atoms with Crippen LogP contribution in [0.2, 0.25) is 0 Å². The van der Waals surface area contributed by atoms with Crippen molar-refractivity contribution in [3.63, 3.8) is 0 Å². The fourth-order valence-corrected chi connectivity index (χ4v) is 2.19. The molecule has 0 saturated heterocycles. The van der Waals surface area contributed by atoms with Gasteiger partial charge in [0.1, 0.15) is 0 Å². The molecule has 0 spiro atoms. The number of benzene rings is 1. The second-order valence-electron chi connectivity index (χ2n) is 3.33. The average Bonchev–Trinajstić information content (AvgIpc) is 2.11. The molecule has 76 valence electrons. The molecule has 0 aromatic heterocycles. The Kier molecular flexibility index (Phi) is 4.02. The average molecular weight is 229 g/mol. The Morgan fingerprint density at radius 1 is 1.43 bits per heavy atom. The molecule has 1 atom stereocenters. The third-order valence-electron chi connectivity index (χ3n) is 1.97. The first kappa shape index (κ1) is 11.6. The van der Waals surface area contributed by atoms with Crippen molar-refractivity contribution in [2.24, 2.45) is 0 Å². The van der Waals surface area contributed by atoms with Crippen molar-refractivity contribution in [2.45, 2.75) is 30.9 Å². The van der Waals surface area contributed by atoms with Crippen molar-refractivity contribution in [3.8, 4) is 0 Å². The molecule has 0 fully saturated rings. The summed E-state index contributed by atoms with van der Waals surface area (Å²) in [5.41, 5.74) is 2.39. The van der Waals surface area contributed by atoms with Crippen molar-refractivity contribution in [1.29, 1.82) is 0 Å². The van der Waals surface area contributed by atoms with Gasteiger partial charge in [0.05, 0.1) is 5.25 Å². The lowest BCUT2D eigenvalue weighted by Crippen LogP contribution is -2.05. The number of hydrogen-bond donors (Lipinski definition) is 0. The van der Waals surface area contributed by atoms with Gasteiger partial charge in [-0.25, -0.2) is 0 Å². The zero-order valence-corrected chi connectivity index (χ0v) is 10.1. The van der Waals surface area contributed by atoms with Crippen LogP contribution in [0.25, 0.3) is 0 Å². The van der Waals surface area contributed by atoms with E-state index in [0.717, 1.165) is 4.90 Å². The van der Waals surface area contributed by atoms with Crippen LogP contribution in [-0.4, -0.2) is 10.5 Å². The molecule has 0 saturated carbocycles. The number of hydrogen-bond acceptors (Lipinski definition) is 2. The Morgan fingerprint density at radius 3 is 2.64 bits per heavy atom. The maximum absolute atomic E-state index is 10.9. The topological polar surface area (TPSA) is 17.1 Å². The summed E-state index contributed by atoms with van der Waals surface area (Å²) in [6.45, 7) is 5.89. The lowest BCUT2D eigenvalue weighted by Gasteiger charge is -2.09. The van der Waals surface area contributed by atoms with Gasteiger partial charge in [0.2, 0.25) is 5.24 Å². The van der Waals surface area contributed by atoms with Crippen LogP contribution in [-0.2, 0) is 4.79 Å². The first-order valence-electron chi connectivity index (χ1n) is 4.44. The van der Waals surface area contributed by atoms with E-state index in [1.807, 2.05) is 20.8 Å². The standard InChI is InChI=1S/C11H13ClOS/c1-7-4-5-8(2)10(6-7)14-9(3)11(12)13/h4-6,9H,1-3H3. The van der Waals surface area contributed by atoms with Crippen LogP contribution in [0.4, 0.5) is 0 Å². The van der Waals surface area contributed by atoms with E-state index >= 15 is 0 Å². The maximum Gasteiger partial charge on any atom is 0.234 e. The number of aryl methyl sites for hydroxylation is 2. The predicted molar refractivity (Wildman–Crippen MR) is 62.1 cm³/mol. The molecule has 0 aliphatic rings. The van der Waals surface area contributed by atoms with Crippen molar-refractivity contribution in [3.05, 3.63) is 29.3 Å². The Morgan fingerprint density at radius 2 is 2.07 bits per heavy atom. The number of carbonyl (C=O) groups excluding carboxylic acids is 1. The molecule has 1 aromatic carbocycles. The van der Waals surface area contributed by atoms with Gasteiger partial charge < -0.3 is 0 Å². The van der Waals surface area contributed by atoms with E-state index < -0.39 is 0 Å². The van der Waals surface area contributed by atoms with Crippen LogP contribution in [0.5, 0.6) is 0 Å². The summed E-state index contributed by atoms with van der Waals surface area (Å²) in [6, 6.07) is 6.20. The molecule has 0 aliphatic heterocycles. The van der Waals surface area contributed by atoms with E-state index in [1.165, 1.54) is 22.9 Å². The first-order chi connectivity index (χ1) is 6.50. The molecule has 1 rings (SSSR count). The van der Waals surface area contributed by atoms with Gasteiger partial charge in [-0.15, -0.1) is 11.8 Å². The fourth-order valence-electron chi connectivity index (χ4n) is 1.07. The van der Waals surface area contributed by atoms with Crippen LogP contribution in [0.15, 0.2) is 23.1 Å². The van der Waals surface area contributed by atoms with Crippen molar-refractivity contribution in [2.75, 3.05) is 0 Å². The Labute approximate surface area is 93.8 Å². The largest absolute Gasteiger partial charge is 0.280 e. The van der Waals surface area contributed by atoms with Crippen LogP contribution >= 0.6 is 23.4 Å². The molecule has 0 radical (unpaired) electrons. The molecule has 0 bridgehead atoms. The molecular formula is C11H13ClOS. The summed E-state index contributed by atoms with van der Waals surface area (Å²) in [6.07, 6.45) is 0. The molecule has 3 heteroatoms. The molecule has 0 N–H and O–H groups in total. The summed E-state index contributed by atoms with van der Waals surface area (Å²) in [5, 5.41) is -0.479. The third-order valence-corrected chi connectivity index (χ3v) is 3.69. The molecule has 1 aromatic rings. The molecule has 1 nitrogen and oxygen atoms in total. The van der Waals surface area contributed by atoms with E-state index in [0.29, 0.717) is 0 Å². The first-order valence-corrected chi connectivity index (χ1v) is 5.69. The summed E-state index contributed by atoms with van der Waals surface area (Å²) in [7, 11) is 0. The molecule has 0 heterocycles. The zero-order valence-electron chi connectivity index (χ0n) is 8.50. The number of halogens is 1. The van der Waals surface area contributed by atoms with Crippen molar-refractivity contribution < 1.29 is 4.79 Å². The van der Waals surface area contributed by atoms with Crippen LogP contribution < -0.4 is 0 Å². The van der Waals surface area contributed by atoms with Gasteiger partial charge in [0, 0.05) is 4.90 Å². The Hall–Kier alpha value is -0.470. The predicted octanol–water partition coefficient (Wildman–Crippen LogP) is 3.55. The third kappa shape index (κ3) is 3.03. The highest BCUT2D eigenvalue weighted by molar-refractivity contribution is 8.00. The van der Waals surface area contributed by atoms with Crippen LogP contribution in [0.1, 0.15) is 18.1 Å². The van der Waals surface area contributed by atoms with Gasteiger partial charge in [-0.05, 0) is 44.0 Å². The Balaban J connectivity index is 2.85. The van der Waals surface area contributed by atoms with Gasteiger partial charge in [-0.3, -0.25) is 4.79 Å². The zero-order chi connectivity index (χ0) is 10.7. The Bertz CT molecular complexity index is 349. The molecule has 14 heavy (non-hydrogen) atoms. The van der Waals surface area contributed by atoms with E-state index in [-0.39, 0.29) is 10.5 Å². The molecule has 0 amide bonds. The van der Waals surface area contributed by atoms with Gasteiger partial charge in [-0.1, -0.05) is 17.7 Å². The van der Waals surface area contributed by atoms with E-state index in [1.54, 1.807) is 0 Å². The van der Waals surface area contributed by atoms with E-state index in [2.05, 4.69) is 18.2 Å². The van der Waals surface area contributed by atoms with E-state index in [9.17, 15) is 4.79 Å². The highest BCUT2D eigenvalue weighted by atomic mass is 35.5. The lowest BCUT2D eigenvalue weighted by atomic mass is 10.2. The summed E-state index contributed by atoms with van der Waals surface area (Å²) in [4.78, 5) is 12.0. The van der Waals surface area contributed by atoms with Crippen LogP contribution in [0.3, 0.4) is 0 Å². The van der Waals surface area contributed by atoms with Gasteiger partial charge >= 0.3 is 0 Å². The summed E-state index contributed by atoms with van der Waals surface area (Å²) in [5.74, 6) is 0. The second-order valence-corrected chi connectivity index (χ2v) is 5.09. The van der Waals surface area contributed by atoms with Crippen LogP contribution in [0, 0.1) is 13.8 Å². The maximum atomic E-state index is 10.9. The molecular weight excluding hydrogens is 216 g/mol. The number of carbonyl (C=O) groups is 1. The highest BCUT2D eigenvalue weighted by Gasteiger charge is 2.12. The lowest BCUT2D eigenvalue weighted by molar-refractivity contribution is -0.111. The highest BCUT2D eigenvalue weighted by Crippen LogP contribution is 2.28. The minimum Gasteiger partial charge on any atom is -0.280 e. The minimum absolute atomic E-state index is 0.183. The molecule has 1 unspecified atom stereocenters. The monoisotopic (exact) mass is 228 g/mol. The quantitative estimate of drug-likeness (QED) is 0.582. The normalized spacial score (nSPS) is 12.6. The number of rotatable bonds is 3. The number of thioether (sulfide) groups is 1. The summed E-state index contributed by atoms with van der Waals surface area (Å²) < 4.78 is 0. The van der Waals surface area contributed by atoms with Gasteiger partial charge in [-0.2, -0.15) is 0 Å². The van der Waals surface area contributed by atoms with Crippen molar-refractivity contribution >= 4 is 28.6 Å². The SMILES string of the molecule is Cc1ccc(C)c(SC(C)C(=O)Cl)c1. The van der Waals surface area contributed by atoms with Crippen molar-refractivity contribution in [1.82, 2.24) is 0 Å². The van der Waals surface area contributed by atoms with Gasteiger partial charge in [0.25, 0.3) is 0 Å². The van der Waals surface area contributed by atoms with E-state index in [4.69, 9.17) is 11.6 Å². The minimum atomic E-state index is -0.295. The smallest absolute Gasteiger partial charge is 0.234 e. The van der Waals surface area contributed by atoms with Gasteiger partial charge in [0.15, 0.2) is 0 Å².